The number of methoxy groups -OCH3 is 1. The van der Waals surface area contributed by atoms with E-state index in [1.165, 1.54) is 6.33 Å². The van der Waals surface area contributed by atoms with Crippen molar-refractivity contribution in [2.75, 3.05) is 25.9 Å². The Labute approximate surface area is 207 Å². The minimum atomic E-state index is -0.286. The fraction of sp³-hybridized carbons (Fsp3) is 0.320. The van der Waals surface area contributed by atoms with Gasteiger partial charge in [-0.1, -0.05) is 11.6 Å². The van der Waals surface area contributed by atoms with Crippen LogP contribution in [0, 0.1) is 13.8 Å². The van der Waals surface area contributed by atoms with Crippen LogP contribution in [-0.2, 0) is 0 Å². The minimum absolute atomic E-state index is 0.0198. The number of ether oxygens (including phenoxy) is 1. The number of nitrogen functional groups attached to an aromatic ring is 1. The predicted molar refractivity (Wildman–Crippen MR) is 135 cm³/mol. The molecule has 10 heteroatoms. The van der Waals surface area contributed by atoms with Gasteiger partial charge < -0.3 is 15.4 Å². The van der Waals surface area contributed by atoms with Crippen LogP contribution >= 0.6 is 11.6 Å². The second kappa shape index (κ2) is 8.81. The molecule has 180 valence electrons. The van der Waals surface area contributed by atoms with Gasteiger partial charge in [-0.25, -0.2) is 14.6 Å². The molecular formula is C25H26ClN7O2. The fourth-order valence-corrected chi connectivity index (χ4v) is 4.80. The van der Waals surface area contributed by atoms with Gasteiger partial charge in [-0.15, -0.1) is 0 Å². The van der Waals surface area contributed by atoms with Gasteiger partial charge in [0, 0.05) is 47.2 Å². The normalized spacial score (nSPS) is 14.1. The molecule has 1 atom stereocenters. The van der Waals surface area contributed by atoms with Crippen LogP contribution in [0.5, 0.6) is 5.75 Å². The van der Waals surface area contributed by atoms with Gasteiger partial charge in [-0.2, -0.15) is 5.10 Å². The molecule has 1 saturated heterocycles. The molecule has 0 spiro atoms. The number of fused-ring (bicyclic) bond motifs is 1. The lowest BCUT2D eigenvalue weighted by Gasteiger charge is -2.31. The lowest BCUT2D eigenvalue weighted by Crippen LogP contribution is -2.42. The van der Waals surface area contributed by atoms with Crippen molar-refractivity contribution in [1.29, 1.82) is 0 Å². The van der Waals surface area contributed by atoms with Gasteiger partial charge in [0.25, 0.3) is 5.91 Å². The number of carbonyl (C=O) groups excluding carboxylic acids is 1. The van der Waals surface area contributed by atoms with Crippen molar-refractivity contribution < 1.29 is 9.53 Å². The molecular weight excluding hydrogens is 466 g/mol. The van der Waals surface area contributed by atoms with E-state index < -0.39 is 0 Å². The van der Waals surface area contributed by atoms with E-state index in [1.807, 2.05) is 37.8 Å². The Morgan fingerprint density at radius 1 is 1.20 bits per heavy atom. The summed E-state index contributed by atoms with van der Waals surface area (Å²) < 4.78 is 7.76. The average Bonchev–Trinajstić information content (AvgIpc) is 3.16. The molecule has 3 aromatic heterocycles. The SMILES string of the molecule is COc1c(C(C)n2nc(C)c3c(N)ncnc32)cc(Cl)c(C)c1-c1cncc(C(=O)N2CCC2)c1. The first-order valence-corrected chi connectivity index (χ1v) is 11.8. The first kappa shape index (κ1) is 23.0. The van der Waals surface area contributed by atoms with Crippen LogP contribution in [0.4, 0.5) is 5.82 Å². The number of nitrogens with two attached hydrogens (primary N) is 1. The third kappa shape index (κ3) is 3.76. The summed E-state index contributed by atoms with van der Waals surface area (Å²) in [5, 5.41) is 6.00. The molecule has 5 rings (SSSR count). The number of carbonyl (C=O) groups is 1. The first-order chi connectivity index (χ1) is 16.8. The van der Waals surface area contributed by atoms with Crippen molar-refractivity contribution in [3.63, 3.8) is 0 Å². The number of aryl methyl sites for hydroxylation is 1. The summed E-state index contributed by atoms with van der Waals surface area (Å²) in [6.07, 6.45) is 5.78. The van der Waals surface area contributed by atoms with Crippen molar-refractivity contribution >= 4 is 34.4 Å². The maximum atomic E-state index is 12.8. The number of rotatable bonds is 5. The molecule has 0 saturated carbocycles. The summed E-state index contributed by atoms with van der Waals surface area (Å²) in [5.74, 6) is 1.00. The monoisotopic (exact) mass is 491 g/mol. The zero-order valence-corrected chi connectivity index (χ0v) is 20.8. The molecule has 0 bridgehead atoms. The summed E-state index contributed by atoms with van der Waals surface area (Å²) in [4.78, 5) is 27.5. The molecule has 1 amide bonds. The number of hydrogen-bond acceptors (Lipinski definition) is 7. The molecule has 1 aliphatic heterocycles. The summed E-state index contributed by atoms with van der Waals surface area (Å²) in [5.41, 5.74) is 11.2. The highest BCUT2D eigenvalue weighted by atomic mass is 35.5. The van der Waals surface area contributed by atoms with Gasteiger partial charge in [0.15, 0.2) is 5.65 Å². The Morgan fingerprint density at radius 3 is 2.66 bits per heavy atom. The van der Waals surface area contributed by atoms with Gasteiger partial charge in [-0.05, 0) is 44.9 Å². The Hall–Kier alpha value is -3.72. The van der Waals surface area contributed by atoms with Crippen molar-refractivity contribution in [3.8, 4) is 16.9 Å². The fourth-order valence-electron chi connectivity index (χ4n) is 4.59. The van der Waals surface area contributed by atoms with Gasteiger partial charge in [0.2, 0.25) is 0 Å². The van der Waals surface area contributed by atoms with Crippen LogP contribution in [0.25, 0.3) is 22.2 Å². The molecule has 1 aromatic carbocycles. The van der Waals surface area contributed by atoms with Crippen LogP contribution in [0.15, 0.2) is 30.9 Å². The van der Waals surface area contributed by atoms with Crippen molar-refractivity contribution in [1.82, 2.24) is 29.6 Å². The number of pyridine rings is 1. The van der Waals surface area contributed by atoms with Crippen molar-refractivity contribution in [2.24, 2.45) is 0 Å². The summed E-state index contributed by atoms with van der Waals surface area (Å²) in [6.45, 7) is 7.35. The summed E-state index contributed by atoms with van der Waals surface area (Å²) in [7, 11) is 1.62. The Bertz CT molecular complexity index is 1460. The van der Waals surface area contributed by atoms with Crippen LogP contribution in [-0.4, -0.2) is 55.7 Å². The number of likely N-dealkylation sites (tertiary alicyclic amines) is 1. The van der Waals surface area contributed by atoms with Crippen molar-refractivity contribution in [2.45, 2.75) is 33.2 Å². The molecule has 4 heterocycles. The molecule has 9 nitrogen and oxygen atoms in total. The number of hydrogen-bond donors (Lipinski definition) is 1. The standard InChI is InChI=1S/C25H26ClN7O2/c1-13-19(26)9-18(15(3)33-24-21(14(2)31-33)23(27)29-12-30-24)22(35-4)20(13)16-8-17(11-28-10-16)25(34)32-6-5-7-32/h8-12,15H,5-7H2,1-4H3,(H2,27,29,30). The van der Waals surface area contributed by atoms with E-state index in [4.69, 9.17) is 27.2 Å². The largest absolute Gasteiger partial charge is 0.496 e. The van der Waals surface area contributed by atoms with Gasteiger partial charge in [0.1, 0.15) is 17.9 Å². The molecule has 35 heavy (non-hydrogen) atoms. The van der Waals surface area contributed by atoms with E-state index in [9.17, 15) is 4.79 Å². The van der Waals surface area contributed by atoms with E-state index >= 15 is 0 Å². The zero-order chi connectivity index (χ0) is 24.9. The molecule has 0 radical (unpaired) electrons. The molecule has 2 N–H and O–H groups in total. The maximum Gasteiger partial charge on any atom is 0.255 e. The maximum absolute atomic E-state index is 12.8. The molecule has 0 aliphatic carbocycles. The highest BCUT2D eigenvalue weighted by Crippen LogP contribution is 2.43. The molecule has 1 fully saturated rings. The van der Waals surface area contributed by atoms with E-state index in [0.29, 0.717) is 27.8 Å². The van der Waals surface area contributed by atoms with Crippen LogP contribution in [0.1, 0.15) is 46.6 Å². The smallest absolute Gasteiger partial charge is 0.255 e. The number of anilines is 1. The van der Waals surface area contributed by atoms with Gasteiger partial charge in [0.05, 0.1) is 29.8 Å². The predicted octanol–water partition coefficient (Wildman–Crippen LogP) is 4.20. The first-order valence-electron chi connectivity index (χ1n) is 11.4. The Morgan fingerprint density at radius 2 is 1.97 bits per heavy atom. The molecule has 1 aliphatic rings. The summed E-state index contributed by atoms with van der Waals surface area (Å²) >= 11 is 6.74. The van der Waals surface area contributed by atoms with Crippen molar-refractivity contribution in [3.05, 3.63) is 58.3 Å². The zero-order valence-electron chi connectivity index (χ0n) is 20.0. The van der Waals surface area contributed by atoms with E-state index in [-0.39, 0.29) is 11.9 Å². The summed E-state index contributed by atoms with van der Waals surface area (Å²) in [6, 6.07) is 3.45. The number of halogens is 1. The third-order valence-electron chi connectivity index (χ3n) is 6.64. The lowest BCUT2D eigenvalue weighted by atomic mass is 9.94. The van der Waals surface area contributed by atoms with Gasteiger partial charge >= 0.3 is 0 Å². The molecule has 1 unspecified atom stereocenters. The van der Waals surface area contributed by atoms with Crippen LogP contribution in [0.2, 0.25) is 5.02 Å². The minimum Gasteiger partial charge on any atom is -0.496 e. The average molecular weight is 492 g/mol. The molecule has 4 aromatic rings. The van der Waals surface area contributed by atoms with Crippen LogP contribution < -0.4 is 10.5 Å². The highest BCUT2D eigenvalue weighted by molar-refractivity contribution is 6.32. The van der Waals surface area contributed by atoms with E-state index in [1.54, 1.807) is 24.2 Å². The quantitative estimate of drug-likeness (QED) is 0.445. The lowest BCUT2D eigenvalue weighted by molar-refractivity contribution is 0.0651. The highest BCUT2D eigenvalue weighted by Gasteiger charge is 2.26. The Balaban J connectivity index is 1.66. The van der Waals surface area contributed by atoms with Crippen LogP contribution in [0.3, 0.4) is 0 Å². The topological polar surface area (TPSA) is 112 Å². The van der Waals surface area contributed by atoms with E-state index in [2.05, 4.69) is 15.0 Å². The second-order valence-corrected chi connectivity index (χ2v) is 9.16. The number of aromatic nitrogens is 5. The Kier molecular flexibility index (Phi) is 5.80. The van der Waals surface area contributed by atoms with E-state index in [0.717, 1.165) is 52.8 Å². The third-order valence-corrected chi connectivity index (χ3v) is 7.03. The number of benzene rings is 1. The van der Waals surface area contributed by atoms with Gasteiger partial charge in [-0.3, -0.25) is 9.78 Å². The number of nitrogens with zero attached hydrogens (tertiary/aromatic N) is 6. The number of amides is 1. The second-order valence-electron chi connectivity index (χ2n) is 8.75.